The summed E-state index contributed by atoms with van der Waals surface area (Å²) < 4.78 is 4.44. The van der Waals surface area contributed by atoms with Crippen LogP contribution in [0.3, 0.4) is 0 Å². The lowest BCUT2D eigenvalue weighted by molar-refractivity contribution is -0.116. The number of aryl methyl sites for hydroxylation is 1. The molecule has 6 nitrogen and oxygen atoms in total. The van der Waals surface area contributed by atoms with Crippen molar-refractivity contribution >= 4 is 34.2 Å². The molecule has 0 bridgehead atoms. The third-order valence-corrected chi connectivity index (χ3v) is 4.49. The van der Waals surface area contributed by atoms with Gasteiger partial charge in [-0.25, -0.2) is 4.79 Å². The largest absolute Gasteiger partial charge is 0.453 e. The molecule has 2 N–H and O–H groups in total. The van der Waals surface area contributed by atoms with E-state index in [4.69, 9.17) is 0 Å². The number of amides is 3. The molecule has 0 aliphatic heterocycles. The smallest absolute Gasteiger partial charge is 0.413 e. The summed E-state index contributed by atoms with van der Waals surface area (Å²) in [6.45, 7) is 1.92. The van der Waals surface area contributed by atoms with E-state index in [1.165, 1.54) is 18.4 Å². The zero-order valence-electron chi connectivity index (χ0n) is 12.1. The van der Waals surface area contributed by atoms with Crippen molar-refractivity contribution in [2.75, 3.05) is 12.4 Å². The van der Waals surface area contributed by atoms with Crippen LogP contribution in [0.1, 0.15) is 47.0 Å². The minimum absolute atomic E-state index is 0.121. The quantitative estimate of drug-likeness (QED) is 0.894. The summed E-state index contributed by atoms with van der Waals surface area (Å²) >= 11 is 1.42. The minimum Gasteiger partial charge on any atom is -0.453 e. The van der Waals surface area contributed by atoms with Gasteiger partial charge in [-0.1, -0.05) is 6.92 Å². The summed E-state index contributed by atoms with van der Waals surface area (Å²) in [6.07, 6.45) is 3.02. The van der Waals surface area contributed by atoms with E-state index in [0.717, 1.165) is 36.1 Å². The lowest BCUT2D eigenvalue weighted by Crippen LogP contribution is -2.31. The normalized spacial score (nSPS) is 12.7. The lowest BCUT2D eigenvalue weighted by Gasteiger charge is -2.08. The number of ether oxygens (including phenoxy) is 1. The van der Waals surface area contributed by atoms with Crippen molar-refractivity contribution in [1.29, 1.82) is 0 Å². The predicted molar refractivity (Wildman–Crippen MR) is 79.8 cm³/mol. The van der Waals surface area contributed by atoms with E-state index in [9.17, 15) is 14.4 Å². The Labute approximate surface area is 126 Å². The van der Waals surface area contributed by atoms with Crippen LogP contribution in [0.15, 0.2) is 0 Å². The summed E-state index contributed by atoms with van der Waals surface area (Å²) in [5.74, 6) is -0.641. The average Bonchev–Trinajstić information content (AvgIpc) is 2.98. The number of hydrogen-bond donors (Lipinski definition) is 2. The maximum Gasteiger partial charge on any atom is 0.413 e. The minimum atomic E-state index is -0.802. The fourth-order valence-electron chi connectivity index (χ4n) is 2.35. The van der Waals surface area contributed by atoms with Crippen molar-refractivity contribution in [3.05, 3.63) is 16.0 Å². The van der Waals surface area contributed by atoms with Crippen molar-refractivity contribution in [3.63, 3.8) is 0 Å². The van der Waals surface area contributed by atoms with E-state index in [1.54, 1.807) is 0 Å². The number of alkyl carbamates (subject to hydrolysis) is 1. The second kappa shape index (κ2) is 6.71. The Morgan fingerprint density at radius 2 is 2.05 bits per heavy atom. The van der Waals surface area contributed by atoms with Gasteiger partial charge in [-0.15, -0.1) is 11.3 Å². The number of fused-ring (bicyclic) bond motifs is 1. The molecular formula is C14H18N2O4S. The summed E-state index contributed by atoms with van der Waals surface area (Å²) in [7, 11) is 1.20. The first-order valence-electron chi connectivity index (χ1n) is 6.90. The third-order valence-electron chi connectivity index (χ3n) is 3.28. The SMILES string of the molecule is CCCC(=O)Nc1sc2c(c1C(=O)NC(=O)OC)CCC2. The number of carbonyl (C=O) groups is 3. The second-order valence-corrected chi connectivity index (χ2v) is 5.91. The Hall–Kier alpha value is -1.89. The van der Waals surface area contributed by atoms with Gasteiger partial charge < -0.3 is 10.1 Å². The van der Waals surface area contributed by atoms with Crippen molar-refractivity contribution in [2.24, 2.45) is 0 Å². The van der Waals surface area contributed by atoms with Gasteiger partial charge in [0.25, 0.3) is 5.91 Å². The number of anilines is 1. The Morgan fingerprint density at radius 3 is 2.71 bits per heavy atom. The number of methoxy groups -OCH3 is 1. The molecule has 0 aromatic carbocycles. The maximum absolute atomic E-state index is 12.2. The van der Waals surface area contributed by atoms with Crippen molar-refractivity contribution in [1.82, 2.24) is 5.32 Å². The number of hydrogen-bond acceptors (Lipinski definition) is 5. The van der Waals surface area contributed by atoms with Crippen molar-refractivity contribution < 1.29 is 19.1 Å². The van der Waals surface area contributed by atoms with Gasteiger partial charge in [0.2, 0.25) is 5.91 Å². The molecule has 1 aliphatic rings. The van der Waals surface area contributed by atoms with E-state index >= 15 is 0 Å². The summed E-state index contributed by atoms with van der Waals surface area (Å²) in [4.78, 5) is 36.3. The van der Waals surface area contributed by atoms with E-state index < -0.39 is 12.0 Å². The highest BCUT2D eigenvalue weighted by molar-refractivity contribution is 7.17. The molecule has 0 atom stereocenters. The molecule has 1 aromatic heterocycles. The second-order valence-electron chi connectivity index (χ2n) is 4.81. The van der Waals surface area contributed by atoms with Gasteiger partial charge in [-0.3, -0.25) is 14.9 Å². The molecule has 0 spiro atoms. The zero-order chi connectivity index (χ0) is 15.4. The van der Waals surface area contributed by atoms with E-state index in [2.05, 4.69) is 15.4 Å². The topological polar surface area (TPSA) is 84.5 Å². The molecule has 1 aliphatic carbocycles. The van der Waals surface area contributed by atoms with Gasteiger partial charge in [-0.05, 0) is 31.2 Å². The highest BCUT2D eigenvalue weighted by Gasteiger charge is 2.28. The van der Waals surface area contributed by atoms with E-state index in [-0.39, 0.29) is 5.91 Å². The summed E-state index contributed by atoms with van der Waals surface area (Å²) in [5.41, 5.74) is 1.34. The Kier molecular flexibility index (Phi) is 4.95. The maximum atomic E-state index is 12.2. The Balaban J connectivity index is 2.27. The standard InChI is InChI=1S/C14H18N2O4S/c1-3-5-10(17)15-13-11(12(18)16-14(19)20-2)8-6-4-7-9(8)21-13/h3-7H2,1-2H3,(H,15,17)(H,16,18,19). The molecule has 0 saturated heterocycles. The van der Waals surface area contributed by atoms with Crippen LogP contribution < -0.4 is 10.6 Å². The van der Waals surface area contributed by atoms with Gasteiger partial charge in [0.05, 0.1) is 12.7 Å². The molecule has 7 heteroatoms. The average molecular weight is 310 g/mol. The van der Waals surface area contributed by atoms with Gasteiger partial charge in [0.1, 0.15) is 5.00 Å². The Bertz CT molecular complexity index is 580. The van der Waals surface area contributed by atoms with Crippen LogP contribution in [0, 0.1) is 0 Å². The molecule has 114 valence electrons. The molecule has 0 radical (unpaired) electrons. The highest BCUT2D eigenvalue weighted by atomic mass is 32.1. The van der Waals surface area contributed by atoms with Crippen molar-refractivity contribution in [2.45, 2.75) is 39.0 Å². The van der Waals surface area contributed by atoms with Crippen LogP contribution in [0.2, 0.25) is 0 Å². The first kappa shape index (κ1) is 15.5. The number of nitrogens with one attached hydrogen (secondary N) is 2. The first-order valence-corrected chi connectivity index (χ1v) is 7.72. The van der Waals surface area contributed by atoms with Crippen LogP contribution in [0.25, 0.3) is 0 Å². The molecule has 2 rings (SSSR count). The number of rotatable bonds is 4. The van der Waals surface area contributed by atoms with E-state index in [1.807, 2.05) is 6.92 Å². The fraction of sp³-hybridized carbons (Fsp3) is 0.500. The van der Waals surface area contributed by atoms with Gasteiger partial charge in [-0.2, -0.15) is 0 Å². The van der Waals surface area contributed by atoms with Gasteiger partial charge >= 0.3 is 6.09 Å². The zero-order valence-corrected chi connectivity index (χ0v) is 12.9. The van der Waals surface area contributed by atoms with Crippen LogP contribution in [0.4, 0.5) is 9.80 Å². The van der Waals surface area contributed by atoms with Crippen LogP contribution in [-0.2, 0) is 22.4 Å². The molecule has 0 saturated carbocycles. The van der Waals surface area contributed by atoms with E-state index in [0.29, 0.717) is 17.0 Å². The summed E-state index contributed by atoms with van der Waals surface area (Å²) in [5, 5.41) is 5.47. The van der Waals surface area contributed by atoms with Gasteiger partial charge in [0, 0.05) is 11.3 Å². The fourth-order valence-corrected chi connectivity index (χ4v) is 3.66. The first-order chi connectivity index (χ1) is 10.1. The predicted octanol–water partition coefficient (Wildman–Crippen LogP) is 2.47. The van der Waals surface area contributed by atoms with Crippen LogP contribution in [0.5, 0.6) is 0 Å². The number of imide groups is 1. The van der Waals surface area contributed by atoms with Crippen LogP contribution in [-0.4, -0.2) is 25.0 Å². The van der Waals surface area contributed by atoms with Crippen LogP contribution >= 0.6 is 11.3 Å². The lowest BCUT2D eigenvalue weighted by atomic mass is 10.1. The number of carbonyl (C=O) groups excluding carboxylic acids is 3. The van der Waals surface area contributed by atoms with Gasteiger partial charge in [0.15, 0.2) is 0 Å². The monoisotopic (exact) mass is 310 g/mol. The Morgan fingerprint density at radius 1 is 1.29 bits per heavy atom. The molecular weight excluding hydrogens is 292 g/mol. The molecule has 0 fully saturated rings. The molecule has 21 heavy (non-hydrogen) atoms. The summed E-state index contributed by atoms with van der Waals surface area (Å²) in [6, 6.07) is 0. The third kappa shape index (κ3) is 3.41. The number of thiophene rings is 1. The highest BCUT2D eigenvalue weighted by Crippen LogP contribution is 2.39. The molecule has 3 amide bonds. The van der Waals surface area contributed by atoms with Crippen molar-refractivity contribution in [3.8, 4) is 0 Å². The molecule has 1 aromatic rings. The molecule has 0 unspecified atom stereocenters. The molecule has 1 heterocycles.